The first kappa shape index (κ1) is 17.5. The number of rotatable bonds is 5. The highest BCUT2D eigenvalue weighted by molar-refractivity contribution is 6.07. The van der Waals surface area contributed by atoms with Crippen LogP contribution in [-0.2, 0) is 7.05 Å². The van der Waals surface area contributed by atoms with E-state index >= 15 is 0 Å². The molecule has 4 aromatic rings. The van der Waals surface area contributed by atoms with Crippen LogP contribution in [0.15, 0.2) is 36.9 Å². The van der Waals surface area contributed by atoms with Gasteiger partial charge in [0.25, 0.3) is 5.91 Å². The van der Waals surface area contributed by atoms with Gasteiger partial charge < -0.3 is 15.4 Å². The Bertz CT molecular complexity index is 1160. The van der Waals surface area contributed by atoms with Crippen LogP contribution >= 0.6 is 0 Å². The van der Waals surface area contributed by atoms with Crippen LogP contribution in [0.5, 0.6) is 5.75 Å². The molecule has 0 atom stereocenters. The summed E-state index contributed by atoms with van der Waals surface area (Å²) in [5.41, 5.74) is 2.91. The van der Waals surface area contributed by atoms with Crippen molar-refractivity contribution in [3.63, 3.8) is 0 Å². The average Bonchev–Trinajstić information content (AvgIpc) is 3.36. The molecule has 142 valence electrons. The number of nitrogens with one attached hydrogen (secondary N) is 3. The number of pyridine rings is 1. The Labute approximate surface area is 160 Å². The van der Waals surface area contributed by atoms with Crippen molar-refractivity contribution in [3.8, 4) is 17.1 Å². The monoisotopic (exact) mass is 378 g/mol. The summed E-state index contributed by atoms with van der Waals surface area (Å²) in [7, 11) is 4.94. The zero-order valence-electron chi connectivity index (χ0n) is 15.5. The summed E-state index contributed by atoms with van der Waals surface area (Å²) in [6, 6.07) is 5.59. The number of para-hydroxylation sites is 1. The third-order valence-electron chi connectivity index (χ3n) is 4.27. The fourth-order valence-electron chi connectivity index (χ4n) is 2.97. The first-order valence-corrected chi connectivity index (χ1v) is 8.46. The first-order valence-electron chi connectivity index (χ1n) is 8.46. The Balaban J connectivity index is 1.86. The summed E-state index contributed by atoms with van der Waals surface area (Å²) >= 11 is 0. The van der Waals surface area contributed by atoms with Crippen molar-refractivity contribution >= 4 is 28.3 Å². The smallest absolute Gasteiger partial charge is 0.254 e. The summed E-state index contributed by atoms with van der Waals surface area (Å²) in [4.78, 5) is 20.9. The quantitative estimate of drug-likeness (QED) is 0.484. The number of ether oxygens (including phenoxy) is 1. The van der Waals surface area contributed by atoms with Gasteiger partial charge in [-0.05, 0) is 12.1 Å². The third-order valence-corrected chi connectivity index (χ3v) is 4.27. The number of benzene rings is 1. The van der Waals surface area contributed by atoms with E-state index in [2.05, 4.69) is 35.9 Å². The molecule has 0 unspecified atom stereocenters. The van der Waals surface area contributed by atoms with E-state index in [4.69, 9.17) is 4.74 Å². The van der Waals surface area contributed by atoms with E-state index < -0.39 is 0 Å². The number of amides is 1. The molecule has 1 amide bonds. The number of carbonyl (C=O) groups is 1. The van der Waals surface area contributed by atoms with Gasteiger partial charge in [0.1, 0.15) is 6.33 Å². The van der Waals surface area contributed by atoms with Gasteiger partial charge in [0.2, 0.25) is 0 Å². The number of aromatic nitrogens is 6. The van der Waals surface area contributed by atoms with Crippen LogP contribution < -0.4 is 15.4 Å². The molecule has 0 fully saturated rings. The number of carbonyl (C=O) groups excluding carboxylic acids is 1. The Morgan fingerprint density at radius 2 is 2.11 bits per heavy atom. The van der Waals surface area contributed by atoms with Gasteiger partial charge in [-0.1, -0.05) is 6.07 Å². The van der Waals surface area contributed by atoms with Gasteiger partial charge in [-0.25, -0.2) is 9.97 Å². The third kappa shape index (κ3) is 2.90. The maximum Gasteiger partial charge on any atom is 0.254 e. The SMILES string of the molecule is CNC(=O)c1cnc2[nH]ncc2c1Nc1cccc(-c2ncn(C)n2)c1OC. The minimum Gasteiger partial charge on any atom is -0.494 e. The zero-order chi connectivity index (χ0) is 19.7. The lowest BCUT2D eigenvalue weighted by Gasteiger charge is -2.16. The molecule has 0 aliphatic rings. The Morgan fingerprint density at radius 1 is 1.25 bits per heavy atom. The van der Waals surface area contributed by atoms with Gasteiger partial charge in [-0.2, -0.15) is 10.2 Å². The highest BCUT2D eigenvalue weighted by Crippen LogP contribution is 2.38. The molecule has 0 saturated heterocycles. The van der Waals surface area contributed by atoms with Crippen LogP contribution in [0, 0.1) is 0 Å². The lowest BCUT2D eigenvalue weighted by atomic mass is 10.1. The van der Waals surface area contributed by atoms with E-state index in [1.165, 1.54) is 6.20 Å². The van der Waals surface area contributed by atoms with Gasteiger partial charge in [0.05, 0.1) is 41.2 Å². The second-order valence-electron chi connectivity index (χ2n) is 6.01. The number of nitrogens with zero attached hydrogens (tertiary/aromatic N) is 5. The number of aryl methyl sites for hydroxylation is 1. The van der Waals surface area contributed by atoms with Crippen molar-refractivity contribution in [2.75, 3.05) is 19.5 Å². The summed E-state index contributed by atoms with van der Waals surface area (Å²) < 4.78 is 7.26. The van der Waals surface area contributed by atoms with Crippen molar-refractivity contribution in [2.45, 2.75) is 0 Å². The van der Waals surface area contributed by atoms with E-state index in [0.29, 0.717) is 39.5 Å². The van der Waals surface area contributed by atoms with Crippen LogP contribution in [0.4, 0.5) is 11.4 Å². The number of fused-ring (bicyclic) bond motifs is 1. The predicted octanol–water partition coefficient (Wildman–Crippen LogP) is 1.87. The fraction of sp³-hybridized carbons (Fsp3) is 0.167. The highest BCUT2D eigenvalue weighted by Gasteiger charge is 2.19. The normalized spacial score (nSPS) is 10.8. The number of aromatic amines is 1. The molecule has 0 bridgehead atoms. The molecule has 0 aliphatic carbocycles. The number of hydrogen-bond donors (Lipinski definition) is 3. The molecular formula is C18H18N8O2. The van der Waals surface area contributed by atoms with Gasteiger partial charge in [0.15, 0.2) is 17.2 Å². The fourth-order valence-corrected chi connectivity index (χ4v) is 2.97. The second kappa shape index (κ2) is 6.99. The molecule has 3 aromatic heterocycles. The van der Waals surface area contributed by atoms with Crippen LogP contribution in [-0.4, -0.2) is 50.0 Å². The van der Waals surface area contributed by atoms with E-state index in [1.54, 1.807) is 38.4 Å². The van der Waals surface area contributed by atoms with E-state index in [0.717, 1.165) is 5.56 Å². The van der Waals surface area contributed by atoms with Crippen LogP contribution in [0.1, 0.15) is 10.4 Å². The van der Waals surface area contributed by atoms with Crippen molar-refractivity contribution in [1.82, 2.24) is 35.3 Å². The van der Waals surface area contributed by atoms with Crippen molar-refractivity contribution in [2.24, 2.45) is 7.05 Å². The molecule has 0 aliphatic heterocycles. The van der Waals surface area contributed by atoms with Crippen LogP contribution in [0.25, 0.3) is 22.4 Å². The van der Waals surface area contributed by atoms with Gasteiger partial charge in [0, 0.05) is 20.3 Å². The maximum absolute atomic E-state index is 12.4. The minimum absolute atomic E-state index is 0.264. The molecule has 0 radical (unpaired) electrons. The van der Waals surface area contributed by atoms with Crippen molar-refractivity contribution < 1.29 is 9.53 Å². The molecule has 10 heteroatoms. The minimum atomic E-state index is -0.264. The zero-order valence-corrected chi connectivity index (χ0v) is 15.5. The Hall–Kier alpha value is -3.95. The lowest BCUT2D eigenvalue weighted by molar-refractivity contribution is 0.0963. The predicted molar refractivity (Wildman–Crippen MR) is 104 cm³/mol. The largest absolute Gasteiger partial charge is 0.494 e. The van der Waals surface area contributed by atoms with Crippen molar-refractivity contribution in [1.29, 1.82) is 0 Å². The Kier molecular flexibility index (Phi) is 4.36. The van der Waals surface area contributed by atoms with Crippen LogP contribution in [0.2, 0.25) is 0 Å². The molecule has 3 N–H and O–H groups in total. The number of H-pyrrole nitrogens is 1. The van der Waals surface area contributed by atoms with E-state index in [-0.39, 0.29) is 5.91 Å². The average molecular weight is 378 g/mol. The lowest BCUT2D eigenvalue weighted by Crippen LogP contribution is -2.19. The Morgan fingerprint density at radius 3 is 2.82 bits per heavy atom. The summed E-state index contributed by atoms with van der Waals surface area (Å²) in [6.45, 7) is 0. The van der Waals surface area contributed by atoms with Gasteiger partial charge in [-0.15, -0.1) is 0 Å². The summed E-state index contributed by atoms with van der Waals surface area (Å²) in [5, 5.41) is 17.8. The van der Waals surface area contributed by atoms with E-state index in [9.17, 15) is 4.79 Å². The molecule has 3 heterocycles. The van der Waals surface area contributed by atoms with E-state index in [1.807, 2.05) is 18.2 Å². The molecular weight excluding hydrogens is 360 g/mol. The maximum atomic E-state index is 12.4. The highest BCUT2D eigenvalue weighted by atomic mass is 16.5. The topological polar surface area (TPSA) is 123 Å². The number of methoxy groups -OCH3 is 1. The van der Waals surface area contributed by atoms with Crippen LogP contribution in [0.3, 0.4) is 0 Å². The number of hydrogen-bond acceptors (Lipinski definition) is 7. The molecule has 28 heavy (non-hydrogen) atoms. The molecule has 1 aromatic carbocycles. The summed E-state index contributed by atoms with van der Waals surface area (Å²) in [6.07, 6.45) is 4.74. The molecule has 0 saturated carbocycles. The molecule has 10 nitrogen and oxygen atoms in total. The molecule has 0 spiro atoms. The first-order chi connectivity index (χ1) is 13.6. The van der Waals surface area contributed by atoms with Gasteiger partial charge in [-0.3, -0.25) is 14.6 Å². The summed E-state index contributed by atoms with van der Waals surface area (Å²) in [5.74, 6) is 0.835. The second-order valence-corrected chi connectivity index (χ2v) is 6.01. The molecule has 4 rings (SSSR count). The van der Waals surface area contributed by atoms with Crippen molar-refractivity contribution in [3.05, 3.63) is 42.5 Å². The number of anilines is 2. The standard InChI is InChI=1S/C18H18N8O2/c1-19-18(27)12-7-20-16-11(8-22-24-16)14(12)23-13-6-4-5-10(15(13)28-3)17-21-9-26(2)25-17/h4-9H,1-3H3,(H,19,27)(H2,20,22,23,24). The van der Waals surface area contributed by atoms with Gasteiger partial charge >= 0.3 is 0 Å².